The lowest BCUT2D eigenvalue weighted by Crippen LogP contribution is -2.36. The molecule has 1 aliphatic heterocycles. The highest BCUT2D eigenvalue weighted by molar-refractivity contribution is 9.10. The Labute approximate surface area is 175 Å². The minimum atomic E-state index is -0.451. The Morgan fingerprint density at radius 3 is 2.31 bits per heavy atom. The number of hydrazone groups is 1. The molecule has 3 aromatic rings. The molecule has 0 saturated carbocycles. The molecule has 7 heteroatoms. The summed E-state index contributed by atoms with van der Waals surface area (Å²) in [5, 5.41) is 6.61. The van der Waals surface area contributed by atoms with Gasteiger partial charge in [0.2, 0.25) is 0 Å². The smallest absolute Gasteiger partial charge is 0.282 e. The maximum Gasteiger partial charge on any atom is 0.282 e. The van der Waals surface area contributed by atoms with Crippen LogP contribution in [0.5, 0.6) is 11.5 Å². The van der Waals surface area contributed by atoms with Crippen molar-refractivity contribution in [3.8, 4) is 11.5 Å². The molecule has 0 aromatic heterocycles. The molecule has 0 aliphatic carbocycles. The van der Waals surface area contributed by atoms with Gasteiger partial charge in [-0.3, -0.25) is 9.59 Å². The highest BCUT2D eigenvalue weighted by Gasteiger charge is 2.32. The Hall–Kier alpha value is -3.19. The molecule has 4 rings (SSSR count). The number of methoxy groups -OCH3 is 1. The summed E-state index contributed by atoms with van der Waals surface area (Å²) in [4.78, 5) is 25.8. The van der Waals surface area contributed by atoms with Gasteiger partial charge < -0.3 is 9.47 Å². The highest BCUT2D eigenvalue weighted by atomic mass is 79.9. The summed E-state index contributed by atoms with van der Waals surface area (Å²) in [5.41, 5.74) is 1.57. The average Bonchev–Trinajstić information content (AvgIpc) is 2.72. The zero-order valence-electron chi connectivity index (χ0n) is 15.8. The number of carbonyl (C=O) groups excluding carboxylic acids is 2. The molecule has 0 saturated heterocycles. The van der Waals surface area contributed by atoms with Gasteiger partial charge >= 0.3 is 0 Å². The van der Waals surface area contributed by atoms with Crippen molar-refractivity contribution >= 4 is 44.7 Å². The van der Waals surface area contributed by atoms with Gasteiger partial charge in [0.05, 0.1) is 35.5 Å². The fourth-order valence-corrected chi connectivity index (χ4v) is 3.99. The SMILES string of the molecule is CCOc1cc(C=NN2C(=O)c3cccc4cccc(c34)C2=O)cc(Br)c1OC. The monoisotopic (exact) mass is 452 g/mol. The van der Waals surface area contributed by atoms with Crippen LogP contribution >= 0.6 is 15.9 Å². The number of halogens is 1. The van der Waals surface area contributed by atoms with E-state index in [0.717, 1.165) is 10.4 Å². The number of nitrogens with zero attached hydrogens (tertiary/aromatic N) is 2. The van der Waals surface area contributed by atoms with E-state index in [4.69, 9.17) is 9.47 Å². The molecule has 6 nitrogen and oxygen atoms in total. The average molecular weight is 453 g/mol. The largest absolute Gasteiger partial charge is 0.492 e. The Bertz CT molecular complexity index is 1120. The minimum Gasteiger partial charge on any atom is -0.492 e. The van der Waals surface area contributed by atoms with Crippen LogP contribution in [0.25, 0.3) is 10.8 Å². The van der Waals surface area contributed by atoms with Crippen LogP contribution in [0, 0.1) is 0 Å². The van der Waals surface area contributed by atoms with Crippen LogP contribution in [0.2, 0.25) is 0 Å². The molecule has 2 amide bonds. The normalized spacial score (nSPS) is 13.4. The molecule has 1 aliphatic rings. The predicted molar refractivity (Wildman–Crippen MR) is 114 cm³/mol. The van der Waals surface area contributed by atoms with E-state index in [-0.39, 0.29) is 0 Å². The molecular weight excluding hydrogens is 436 g/mol. The Kier molecular flexibility index (Phi) is 5.07. The van der Waals surface area contributed by atoms with Crippen molar-refractivity contribution in [2.75, 3.05) is 13.7 Å². The second kappa shape index (κ2) is 7.67. The Morgan fingerprint density at radius 2 is 1.72 bits per heavy atom. The molecule has 1 heterocycles. The lowest BCUT2D eigenvalue weighted by Gasteiger charge is -2.23. The highest BCUT2D eigenvalue weighted by Crippen LogP contribution is 2.36. The van der Waals surface area contributed by atoms with Gasteiger partial charge in [-0.1, -0.05) is 24.3 Å². The number of carbonyl (C=O) groups is 2. The van der Waals surface area contributed by atoms with Crippen LogP contribution in [-0.2, 0) is 0 Å². The van der Waals surface area contributed by atoms with Gasteiger partial charge in [-0.25, -0.2) is 0 Å². The van der Waals surface area contributed by atoms with Gasteiger partial charge in [-0.05, 0) is 58.1 Å². The summed E-state index contributed by atoms with van der Waals surface area (Å²) in [5.74, 6) is 0.202. The molecule has 0 radical (unpaired) electrons. The van der Waals surface area contributed by atoms with Crippen LogP contribution in [0.3, 0.4) is 0 Å². The molecule has 0 unspecified atom stereocenters. The zero-order valence-corrected chi connectivity index (χ0v) is 17.4. The van der Waals surface area contributed by atoms with Crippen molar-refractivity contribution in [1.29, 1.82) is 0 Å². The quantitative estimate of drug-likeness (QED) is 0.417. The lowest BCUT2D eigenvalue weighted by atomic mass is 9.95. The van der Waals surface area contributed by atoms with Gasteiger partial charge in [0.15, 0.2) is 11.5 Å². The number of imide groups is 1. The number of rotatable bonds is 5. The van der Waals surface area contributed by atoms with Gasteiger partial charge in [0.25, 0.3) is 11.8 Å². The van der Waals surface area contributed by atoms with Crippen molar-refractivity contribution in [3.63, 3.8) is 0 Å². The summed E-state index contributed by atoms with van der Waals surface area (Å²) >= 11 is 3.44. The zero-order chi connectivity index (χ0) is 20.5. The first kappa shape index (κ1) is 19.1. The first-order chi connectivity index (χ1) is 14.0. The van der Waals surface area contributed by atoms with Crippen LogP contribution < -0.4 is 9.47 Å². The lowest BCUT2D eigenvalue weighted by molar-refractivity contribution is 0.0616. The van der Waals surface area contributed by atoms with Crippen molar-refractivity contribution in [3.05, 3.63) is 69.7 Å². The second-order valence-electron chi connectivity index (χ2n) is 6.34. The Balaban J connectivity index is 1.73. The molecule has 3 aromatic carbocycles. The summed E-state index contributed by atoms with van der Waals surface area (Å²) in [7, 11) is 1.56. The molecular formula is C22H17BrN2O4. The van der Waals surface area contributed by atoms with Crippen LogP contribution in [0.1, 0.15) is 33.2 Å². The molecule has 0 spiro atoms. The Morgan fingerprint density at radius 1 is 1.07 bits per heavy atom. The number of ether oxygens (including phenoxy) is 2. The molecule has 0 atom stereocenters. The predicted octanol–water partition coefficient (Wildman–Crippen LogP) is 4.64. The van der Waals surface area contributed by atoms with Gasteiger partial charge in [0.1, 0.15) is 0 Å². The third kappa shape index (κ3) is 3.27. The molecule has 146 valence electrons. The van der Waals surface area contributed by atoms with Crippen molar-refractivity contribution in [2.24, 2.45) is 5.10 Å². The van der Waals surface area contributed by atoms with Crippen LogP contribution in [0.15, 0.2) is 58.1 Å². The molecule has 0 fully saturated rings. The standard InChI is InChI=1S/C22H17BrN2O4/c1-3-29-18-11-13(10-17(23)20(18)28-2)12-24-25-21(26)15-8-4-6-14-7-5-9-16(19(14)15)22(25)27/h4-12H,3H2,1-2H3. The van der Waals surface area contributed by atoms with Crippen LogP contribution in [0.4, 0.5) is 0 Å². The van der Waals surface area contributed by atoms with E-state index < -0.39 is 11.8 Å². The van der Waals surface area contributed by atoms with E-state index in [0.29, 0.717) is 44.7 Å². The van der Waals surface area contributed by atoms with E-state index in [2.05, 4.69) is 21.0 Å². The van der Waals surface area contributed by atoms with Gasteiger partial charge in [-0.2, -0.15) is 10.1 Å². The third-order valence-corrected chi connectivity index (χ3v) is 5.20. The molecule has 0 N–H and O–H groups in total. The number of hydrogen-bond acceptors (Lipinski definition) is 5. The van der Waals surface area contributed by atoms with Crippen molar-refractivity contribution in [2.45, 2.75) is 6.92 Å². The summed E-state index contributed by atoms with van der Waals surface area (Å²) < 4.78 is 11.6. The summed E-state index contributed by atoms with van der Waals surface area (Å²) in [6, 6.07) is 14.3. The van der Waals surface area contributed by atoms with E-state index >= 15 is 0 Å². The minimum absolute atomic E-state index is 0.451. The van der Waals surface area contributed by atoms with E-state index in [1.54, 1.807) is 43.5 Å². The second-order valence-corrected chi connectivity index (χ2v) is 7.20. The van der Waals surface area contributed by atoms with Crippen molar-refractivity contribution < 1.29 is 19.1 Å². The molecule has 0 bridgehead atoms. The van der Waals surface area contributed by atoms with Crippen LogP contribution in [-0.4, -0.2) is 36.8 Å². The fourth-order valence-electron chi connectivity index (χ4n) is 3.37. The first-order valence-corrected chi connectivity index (χ1v) is 9.79. The maximum atomic E-state index is 12.9. The summed E-state index contributed by atoms with van der Waals surface area (Å²) in [6.45, 7) is 2.34. The van der Waals surface area contributed by atoms with E-state index in [9.17, 15) is 9.59 Å². The number of benzene rings is 3. The number of amides is 2. The molecule has 29 heavy (non-hydrogen) atoms. The fraction of sp³-hybridized carbons (Fsp3) is 0.136. The first-order valence-electron chi connectivity index (χ1n) is 9.00. The summed E-state index contributed by atoms with van der Waals surface area (Å²) in [6.07, 6.45) is 1.45. The maximum absolute atomic E-state index is 12.9. The topological polar surface area (TPSA) is 68.2 Å². The van der Waals surface area contributed by atoms with Gasteiger partial charge in [0, 0.05) is 5.39 Å². The van der Waals surface area contributed by atoms with Crippen molar-refractivity contribution in [1.82, 2.24) is 5.01 Å². The third-order valence-electron chi connectivity index (χ3n) is 4.61. The number of hydrogen-bond donors (Lipinski definition) is 0. The van der Waals surface area contributed by atoms with E-state index in [1.165, 1.54) is 6.21 Å². The van der Waals surface area contributed by atoms with Gasteiger partial charge in [-0.15, -0.1) is 0 Å². The van der Waals surface area contributed by atoms with E-state index in [1.807, 2.05) is 19.1 Å².